The lowest BCUT2D eigenvalue weighted by Gasteiger charge is -2.18. The van der Waals surface area contributed by atoms with E-state index in [-0.39, 0.29) is 6.10 Å². The van der Waals surface area contributed by atoms with Crippen LogP contribution in [0.15, 0.2) is 16.6 Å². The van der Waals surface area contributed by atoms with Crippen molar-refractivity contribution in [2.24, 2.45) is 0 Å². The van der Waals surface area contributed by atoms with E-state index in [0.29, 0.717) is 12.6 Å². The van der Waals surface area contributed by atoms with Gasteiger partial charge in [0.2, 0.25) is 0 Å². The standard InChI is InChI=1S/C16H26BrNO2/c1-6-12(5)18-10-13-8-14(17)16(20-11(3)4)15(9-13)19-7-2/h8-9,11-12,18H,6-7,10H2,1-5H3/t12-/m0/s1. The molecule has 1 rings (SSSR count). The largest absolute Gasteiger partial charge is 0.490 e. The second kappa shape index (κ2) is 8.53. The molecule has 4 heteroatoms. The average Bonchev–Trinajstić information content (AvgIpc) is 2.39. The summed E-state index contributed by atoms with van der Waals surface area (Å²) in [5, 5.41) is 3.49. The minimum atomic E-state index is 0.120. The van der Waals surface area contributed by atoms with Crippen LogP contribution in [0, 0.1) is 0 Å². The Balaban J connectivity index is 2.93. The summed E-state index contributed by atoms with van der Waals surface area (Å²) in [6, 6.07) is 4.66. The Labute approximate surface area is 131 Å². The highest BCUT2D eigenvalue weighted by atomic mass is 79.9. The maximum Gasteiger partial charge on any atom is 0.175 e. The van der Waals surface area contributed by atoms with Crippen molar-refractivity contribution < 1.29 is 9.47 Å². The first-order valence-corrected chi connectivity index (χ1v) is 8.12. The summed E-state index contributed by atoms with van der Waals surface area (Å²) in [5.41, 5.74) is 1.19. The summed E-state index contributed by atoms with van der Waals surface area (Å²) in [6.45, 7) is 11.8. The van der Waals surface area contributed by atoms with E-state index in [1.165, 1.54) is 5.56 Å². The molecule has 0 radical (unpaired) electrons. The Bertz CT molecular complexity index is 421. The van der Waals surface area contributed by atoms with Crippen molar-refractivity contribution in [3.63, 3.8) is 0 Å². The van der Waals surface area contributed by atoms with Crippen molar-refractivity contribution in [3.8, 4) is 11.5 Å². The van der Waals surface area contributed by atoms with E-state index >= 15 is 0 Å². The van der Waals surface area contributed by atoms with Crippen LogP contribution < -0.4 is 14.8 Å². The molecule has 0 unspecified atom stereocenters. The predicted molar refractivity (Wildman–Crippen MR) is 87.7 cm³/mol. The third-order valence-electron chi connectivity index (χ3n) is 2.99. The molecule has 0 fully saturated rings. The fourth-order valence-electron chi connectivity index (χ4n) is 1.77. The smallest absolute Gasteiger partial charge is 0.175 e. The van der Waals surface area contributed by atoms with Crippen molar-refractivity contribution in [1.29, 1.82) is 0 Å². The molecule has 20 heavy (non-hydrogen) atoms. The van der Waals surface area contributed by atoms with Gasteiger partial charge in [0.05, 0.1) is 17.2 Å². The Morgan fingerprint density at radius 3 is 2.45 bits per heavy atom. The average molecular weight is 344 g/mol. The zero-order chi connectivity index (χ0) is 15.1. The molecule has 0 saturated heterocycles. The lowest BCUT2D eigenvalue weighted by Crippen LogP contribution is -2.24. The fourth-order valence-corrected chi connectivity index (χ4v) is 2.36. The van der Waals surface area contributed by atoms with Crippen molar-refractivity contribution in [1.82, 2.24) is 5.32 Å². The molecule has 3 nitrogen and oxygen atoms in total. The van der Waals surface area contributed by atoms with Gasteiger partial charge in [-0.25, -0.2) is 0 Å². The van der Waals surface area contributed by atoms with Crippen LogP contribution >= 0.6 is 15.9 Å². The molecule has 114 valence electrons. The highest BCUT2D eigenvalue weighted by molar-refractivity contribution is 9.10. The summed E-state index contributed by atoms with van der Waals surface area (Å²) in [6.07, 6.45) is 1.24. The molecular weight excluding hydrogens is 318 g/mol. The van der Waals surface area contributed by atoms with Crippen LogP contribution in [0.4, 0.5) is 0 Å². The van der Waals surface area contributed by atoms with Crippen LogP contribution in [0.5, 0.6) is 11.5 Å². The molecule has 0 amide bonds. The van der Waals surface area contributed by atoms with Gasteiger partial charge in [0, 0.05) is 12.6 Å². The highest BCUT2D eigenvalue weighted by Gasteiger charge is 2.13. The maximum absolute atomic E-state index is 5.84. The number of nitrogens with one attached hydrogen (secondary N) is 1. The van der Waals surface area contributed by atoms with Crippen LogP contribution in [-0.2, 0) is 6.54 Å². The maximum atomic E-state index is 5.84. The minimum Gasteiger partial charge on any atom is -0.490 e. The van der Waals surface area contributed by atoms with Gasteiger partial charge in [-0.05, 0) is 67.7 Å². The first kappa shape index (κ1) is 17.3. The van der Waals surface area contributed by atoms with E-state index in [1.54, 1.807) is 0 Å². The highest BCUT2D eigenvalue weighted by Crippen LogP contribution is 2.37. The molecule has 1 N–H and O–H groups in total. The Morgan fingerprint density at radius 1 is 1.20 bits per heavy atom. The molecule has 1 aromatic carbocycles. The van der Waals surface area contributed by atoms with Crippen LogP contribution in [0.3, 0.4) is 0 Å². The number of hydrogen-bond acceptors (Lipinski definition) is 3. The third kappa shape index (κ3) is 5.33. The summed E-state index contributed by atoms with van der Waals surface area (Å²) in [7, 11) is 0. The summed E-state index contributed by atoms with van der Waals surface area (Å²) in [5.74, 6) is 1.59. The van der Waals surface area contributed by atoms with Gasteiger partial charge >= 0.3 is 0 Å². The topological polar surface area (TPSA) is 30.5 Å². The molecule has 1 atom stereocenters. The molecule has 0 heterocycles. The van der Waals surface area contributed by atoms with Gasteiger partial charge in [-0.2, -0.15) is 0 Å². The summed E-state index contributed by atoms with van der Waals surface area (Å²) >= 11 is 3.59. The second-order valence-corrected chi connectivity index (χ2v) is 6.05. The van der Waals surface area contributed by atoms with Crippen LogP contribution in [-0.4, -0.2) is 18.8 Å². The van der Waals surface area contributed by atoms with Gasteiger partial charge in [-0.3, -0.25) is 0 Å². The Kier molecular flexibility index (Phi) is 7.38. The molecule has 0 aliphatic rings. The van der Waals surface area contributed by atoms with E-state index < -0.39 is 0 Å². The summed E-state index contributed by atoms with van der Waals surface area (Å²) < 4.78 is 12.5. The molecular formula is C16H26BrNO2. The predicted octanol–water partition coefficient (Wildman–Crippen LogP) is 4.52. The first-order chi connectivity index (χ1) is 9.47. The monoisotopic (exact) mass is 343 g/mol. The number of hydrogen-bond donors (Lipinski definition) is 1. The third-order valence-corrected chi connectivity index (χ3v) is 3.58. The van der Waals surface area contributed by atoms with Crippen molar-refractivity contribution >= 4 is 15.9 Å². The molecule has 0 saturated carbocycles. The van der Waals surface area contributed by atoms with E-state index in [2.05, 4.69) is 47.2 Å². The normalized spacial score (nSPS) is 12.6. The Hall–Kier alpha value is -0.740. The van der Waals surface area contributed by atoms with Crippen LogP contribution in [0.1, 0.15) is 46.6 Å². The van der Waals surface area contributed by atoms with Crippen LogP contribution in [0.25, 0.3) is 0 Å². The number of halogens is 1. The molecule has 0 bridgehead atoms. The van der Waals surface area contributed by atoms with E-state index in [0.717, 1.165) is 28.9 Å². The van der Waals surface area contributed by atoms with Crippen molar-refractivity contribution in [2.75, 3.05) is 6.61 Å². The molecule has 0 aliphatic carbocycles. The van der Waals surface area contributed by atoms with Gasteiger partial charge in [-0.1, -0.05) is 6.92 Å². The second-order valence-electron chi connectivity index (χ2n) is 5.19. The van der Waals surface area contributed by atoms with Gasteiger partial charge < -0.3 is 14.8 Å². The zero-order valence-electron chi connectivity index (χ0n) is 13.1. The number of benzene rings is 1. The van der Waals surface area contributed by atoms with Crippen molar-refractivity contribution in [3.05, 3.63) is 22.2 Å². The summed E-state index contributed by atoms with van der Waals surface area (Å²) in [4.78, 5) is 0. The molecule has 0 aromatic heterocycles. The van der Waals surface area contributed by atoms with Gasteiger partial charge in [-0.15, -0.1) is 0 Å². The van der Waals surface area contributed by atoms with E-state index in [1.807, 2.05) is 20.8 Å². The van der Waals surface area contributed by atoms with Crippen LogP contribution in [0.2, 0.25) is 0 Å². The molecule has 0 aliphatic heterocycles. The van der Waals surface area contributed by atoms with Gasteiger partial charge in [0.15, 0.2) is 11.5 Å². The van der Waals surface area contributed by atoms with E-state index in [9.17, 15) is 0 Å². The molecule has 0 spiro atoms. The minimum absolute atomic E-state index is 0.120. The fraction of sp³-hybridized carbons (Fsp3) is 0.625. The molecule has 1 aromatic rings. The van der Waals surface area contributed by atoms with Crippen molar-refractivity contribution in [2.45, 2.75) is 59.7 Å². The van der Waals surface area contributed by atoms with Gasteiger partial charge in [0.1, 0.15) is 0 Å². The SMILES string of the molecule is CCOc1cc(CN[C@@H](C)CC)cc(Br)c1OC(C)C. The Morgan fingerprint density at radius 2 is 1.90 bits per heavy atom. The quantitative estimate of drug-likeness (QED) is 0.752. The van der Waals surface area contributed by atoms with Gasteiger partial charge in [0.25, 0.3) is 0 Å². The zero-order valence-corrected chi connectivity index (χ0v) is 14.7. The lowest BCUT2D eigenvalue weighted by molar-refractivity contribution is 0.222. The van der Waals surface area contributed by atoms with E-state index in [4.69, 9.17) is 9.47 Å². The first-order valence-electron chi connectivity index (χ1n) is 7.33. The number of ether oxygens (including phenoxy) is 2. The number of rotatable bonds is 8. The lowest BCUT2D eigenvalue weighted by atomic mass is 10.1.